The molecule has 0 fully saturated rings. The van der Waals surface area contributed by atoms with Crippen molar-refractivity contribution in [2.75, 3.05) is 12.4 Å². The summed E-state index contributed by atoms with van der Waals surface area (Å²) < 4.78 is 4.77. The van der Waals surface area contributed by atoms with Crippen LogP contribution >= 0.6 is 0 Å². The average molecular weight is 279 g/mol. The van der Waals surface area contributed by atoms with Crippen molar-refractivity contribution in [3.63, 3.8) is 0 Å². The SMILES string of the molecule is COC(=O)C(CC(C)C)Nc1nccc(C)c1C(N)=O. The molecule has 0 saturated carbocycles. The fourth-order valence-corrected chi connectivity index (χ4v) is 1.97. The van der Waals surface area contributed by atoms with Gasteiger partial charge in [0.2, 0.25) is 0 Å². The fraction of sp³-hybridized carbons (Fsp3) is 0.500. The third kappa shape index (κ3) is 3.94. The Hall–Kier alpha value is -2.11. The maximum Gasteiger partial charge on any atom is 0.328 e. The predicted molar refractivity (Wildman–Crippen MR) is 76.4 cm³/mol. The number of amides is 1. The lowest BCUT2D eigenvalue weighted by Gasteiger charge is -2.20. The van der Waals surface area contributed by atoms with Gasteiger partial charge in [0.1, 0.15) is 11.9 Å². The van der Waals surface area contributed by atoms with E-state index < -0.39 is 17.9 Å². The number of anilines is 1. The van der Waals surface area contributed by atoms with Crippen LogP contribution in [0.1, 0.15) is 36.2 Å². The molecule has 3 N–H and O–H groups in total. The van der Waals surface area contributed by atoms with E-state index in [-0.39, 0.29) is 5.92 Å². The molecule has 0 radical (unpaired) electrons. The number of aromatic nitrogens is 1. The van der Waals surface area contributed by atoms with Gasteiger partial charge >= 0.3 is 5.97 Å². The molecule has 0 saturated heterocycles. The van der Waals surface area contributed by atoms with Gasteiger partial charge in [-0.15, -0.1) is 0 Å². The number of ether oxygens (including phenoxy) is 1. The van der Waals surface area contributed by atoms with Crippen molar-refractivity contribution < 1.29 is 14.3 Å². The van der Waals surface area contributed by atoms with Gasteiger partial charge < -0.3 is 15.8 Å². The minimum absolute atomic E-state index is 0.286. The second kappa shape index (κ2) is 6.88. The van der Waals surface area contributed by atoms with Crippen molar-refractivity contribution in [1.29, 1.82) is 0 Å². The normalized spacial score (nSPS) is 12.1. The molecule has 1 aromatic heterocycles. The maximum absolute atomic E-state index is 11.8. The van der Waals surface area contributed by atoms with Gasteiger partial charge in [-0.25, -0.2) is 9.78 Å². The first kappa shape index (κ1) is 15.9. The minimum Gasteiger partial charge on any atom is -0.467 e. The number of pyridine rings is 1. The highest BCUT2D eigenvalue weighted by atomic mass is 16.5. The number of hydrogen-bond donors (Lipinski definition) is 2. The lowest BCUT2D eigenvalue weighted by molar-refractivity contribution is -0.141. The van der Waals surface area contributed by atoms with Crippen LogP contribution in [0.25, 0.3) is 0 Å². The molecular formula is C14H21N3O3. The highest BCUT2D eigenvalue weighted by Crippen LogP contribution is 2.19. The molecule has 0 bridgehead atoms. The van der Waals surface area contributed by atoms with Crippen molar-refractivity contribution in [3.8, 4) is 0 Å². The highest BCUT2D eigenvalue weighted by molar-refractivity contribution is 5.99. The van der Waals surface area contributed by atoms with Crippen molar-refractivity contribution in [1.82, 2.24) is 4.98 Å². The summed E-state index contributed by atoms with van der Waals surface area (Å²) in [7, 11) is 1.33. The number of hydrogen-bond acceptors (Lipinski definition) is 5. The van der Waals surface area contributed by atoms with Crippen molar-refractivity contribution in [2.45, 2.75) is 33.2 Å². The lowest BCUT2D eigenvalue weighted by atomic mass is 10.0. The molecule has 1 unspecified atom stereocenters. The Morgan fingerprint density at radius 1 is 1.45 bits per heavy atom. The van der Waals surface area contributed by atoms with E-state index in [4.69, 9.17) is 10.5 Å². The summed E-state index contributed by atoms with van der Waals surface area (Å²) in [4.78, 5) is 27.4. The number of aryl methyl sites for hydroxylation is 1. The van der Waals surface area contributed by atoms with Crippen LogP contribution in [0, 0.1) is 12.8 Å². The van der Waals surface area contributed by atoms with Gasteiger partial charge in [-0.1, -0.05) is 13.8 Å². The van der Waals surface area contributed by atoms with E-state index in [1.165, 1.54) is 7.11 Å². The van der Waals surface area contributed by atoms with Gasteiger partial charge in [-0.3, -0.25) is 4.79 Å². The topological polar surface area (TPSA) is 94.3 Å². The molecule has 6 nitrogen and oxygen atoms in total. The third-order valence-corrected chi connectivity index (χ3v) is 2.91. The van der Waals surface area contributed by atoms with Crippen LogP contribution < -0.4 is 11.1 Å². The first-order valence-corrected chi connectivity index (χ1v) is 6.46. The standard InChI is InChI=1S/C14H21N3O3/c1-8(2)7-10(14(19)20-4)17-13-11(12(15)18)9(3)5-6-16-13/h5-6,8,10H,7H2,1-4H3,(H2,15,18)(H,16,17). The molecule has 1 rings (SSSR count). The van der Waals surface area contributed by atoms with Crippen LogP contribution in [0.3, 0.4) is 0 Å². The molecule has 1 heterocycles. The highest BCUT2D eigenvalue weighted by Gasteiger charge is 2.23. The molecule has 0 aliphatic carbocycles. The summed E-state index contributed by atoms with van der Waals surface area (Å²) in [6, 6.07) is 1.13. The number of primary amides is 1. The molecule has 0 aliphatic heterocycles. The first-order valence-electron chi connectivity index (χ1n) is 6.46. The number of carbonyl (C=O) groups is 2. The zero-order valence-electron chi connectivity index (χ0n) is 12.3. The van der Waals surface area contributed by atoms with Crippen LogP contribution in [0.2, 0.25) is 0 Å². The number of nitrogens with zero attached hydrogens (tertiary/aromatic N) is 1. The summed E-state index contributed by atoms with van der Waals surface area (Å²) in [5, 5.41) is 2.97. The molecular weight excluding hydrogens is 258 g/mol. The third-order valence-electron chi connectivity index (χ3n) is 2.91. The Labute approximate surface area is 118 Å². The van der Waals surface area contributed by atoms with Crippen LogP contribution in [-0.2, 0) is 9.53 Å². The molecule has 1 atom stereocenters. The van der Waals surface area contributed by atoms with Gasteiger partial charge in [0.25, 0.3) is 5.91 Å². The Morgan fingerprint density at radius 2 is 2.10 bits per heavy atom. The minimum atomic E-state index is -0.578. The number of esters is 1. The smallest absolute Gasteiger partial charge is 0.328 e. The van der Waals surface area contributed by atoms with Crippen LogP contribution in [0.5, 0.6) is 0 Å². The maximum atomic E-state index is 11.8. The Kier molecular flexibility index (Phi) is 5.49. The number of methoxy groups -OCH3 is 1. The van der Waals surface area contributed by atoms with Crippen molar-refractivity contribution >= 4 is 17.7 Å². The van der Waals surface area contributed by atoms with E-state index in [0.29, 0.717) is 23.4 Å². The number of carbonyl (C=O) groups excluding carboxylic acids is 2. The quantitative estimate of drug-likeness (QED) is 0.769. The molecule has 1 amide bonds. The molecule has 6 heteroatoms. The molecule has 0 aliphatic rings. The monoisotopic (exact) mass is 279 g/mol. The predicted octanol–water partition coefficient (Wildman–Crippen LogP) is 1.49. The van der Waals surface area contributed by atoms with E-state index in [2.05, 4.69) is 10.3 Å². The Morgan fingerprint density at radius 3 is 2.60 bits per heavy atom. The summed E-state index contributed by atoms with van der Waals surface area (Å²) in [6.45, 7) is 5.76. The summed E-state index contributed by atoms with van der Waals surface area (Å²) in [5.74, 6) is -0.370. The second-order valence-corrected chi connectivity index (χ2v) is 5.07. The second-order valence-electron chi connectivity index (χ2n) is 5.07. The first-order chi connectivity index (χ1) is 9.36. The zero-order chi connectivity index (χ0) is 15.3. The van der Waals surface area contributed by atoms with Crippen LogP contribution in [0.4, 0.5) is 5.82 Å². The zero-order valence-corrected chi connectivity index (χ0v) is 12.3. The molecule has 0 spiro atoms. The number of nitrogens with one attached hydrogen (secondary N) is 1. The van der Waals surface area contributed by atoms with Crippen molar-refractivity contribution in [3.05, 3.63) is 23.4 Å². The van der Waals surface area contributed by atoms with E-state index in [1.54, 1.807) is 19.2 Å². The van der Waals surface area contributed by atoms with Gasteiger partial charge in [0, 0.05) is 6.20 Å². The van der Waals surface area contributed by atoms with E-state index in [1.807, 2.05) is 13.8 Å². The molecule has 110 valence electrons. The Bertz CT molecular complexity index is 500. The molecule has 20 heavy (non-hydrogen) atoms. The van der Waals surface area contributed by atoms with Gasteiger partial charge in [0.05, 0.1) is 12.7 Å². The summed E-state index contributed by atoms with van der Waals surface area (Å²) >= 11 is 0. The van der Waals surface area contributed by atoms with E-state index >= 15 is 0 Å². The molecule has 1 aromatic rings. The lowest BCUT2D eigenvalue weighted by Crippen LogP contribution is -2.33. The van der Waals surface area contributed by atoms with Gasteiger partial charge in [-0.2, -0.15) is 0 Å². The number of rotatable bonds is 6. The van der Waals surface area contributed by atoms with Gasteiger partial charge in [-0.05, 0) is 30.9 Å². The largest absolute Gasteiger partial charge is 0.467 e. The Balaban J connectivity index is 3.08. The average Bonchev–Trinajstić information content (AvgIpc) is 2.36. The van der Waals surface area contributed by atoms with Crippen molar-refractivity contribution in [2.24, 2.45) is 11.7 Å². The fourth-order valence-electron chi connectivity index (χ4n) is 1.97. The van der Waals surface area contributed by atoms with E-state index in [0.717, 1.165) is 0 Å². The number of nitrogens with two attached hydrogens (primary N) is 1. The van der Waals surface area contributed by atoms with E-state index in [9.17, 15) is 9.59 Å². The van der Waals surface area contributed by atoms with Crippen LogP contribution in [-0.4, -0.2) is 30.0 Å². The van der Waals surface area contributed by atoms with Gasteiger partial charge in [0.15, 0.2) is 0 Å². The molecule has 0 aromatic carbocycles. The van der Waals surface area contributed by atoms with Crippen LogP contribution in [0.15, 0.2) is 12.3 Å². The summed E-state index contributed by atoms with van der Waals surface area (Å²) in [5.41, 5.74) is 6.37. The summed E-state index contributed by atoms with van der Waals surface area (Å²) in [6.07, 6.45) is 2.13.